The zero-order chi connectivity index (χ0) is 11.0. The van der Waals surface area contributed by atoms with E-state index in [1.54, 1.807) is 17.0 Å². The molecule has 0 fully saturated rings. The Kier molecular flexibility index (Phi) is 2.11. The van der Waals surface area contributed by atoms with Gasteiger partial charge in [-0.15, -0.1) is 0 Å². The van der Waals surface area contributed by atoms with Gasteiger partial charge in [0.25, 0.3) is 0 Å². The van der Waals surface area contributed by atoms with E-state index >= 15 is 0 Å². The van der Waals surface area contributed by atoms with E-state index in [1.807, 2.05) is 26.0 Å². The van der Waals surface area contributed by atoms with E-state index in [0.717, 1.165) is 16.8 Å². The first kappa shape index (κ1) is 9.58. The normalized spacial score (nSPS) is 10.5. The SMILES string of the molecule is Cc1ccc(N)c(C)c1-n1cc[nH]c1=O. The Bertz CT molecular complexity index is 551. The molecule has 3 N–H and O–H groups in total. The van der Waals surface area contributed by atoms with Crippen LogP contribution in [0, 0.1) is 13.8 Å². The van der Waals surface area contributed by atoms with Gasteiger partial charge < -0.3 is 10.7 Å². The van der Waals surface area contributed by atoms with Gasteiger partial charge in [-0.1, -0.05) is 6.07 Å². The highest BCUT2D eigenvalue weighted by molar-refractivity contribution is 5.60. The first-order chi connectivity index (χ1) is 7.11. The van der Waals surface area contributed by atoms with E-state index in [2.05, 4.69) is 4.98 Å². The van der Waals surface area contributed by atoms with Crippen LogP contribution in [0.4, 0.5) is 5.69 Å². The summed E-state index contributed by atoms with van der Waals surface area (Å²) < 4.78 is 1.57. The number of rotatable bonds is 1. The van der Waals surface area contributed by atoms with E-state index in [-0.39, 0.29) is 5.69 Å². The minimum absolute atomic E-state index is 0.146. The number of aromatic amines is 1. The fourth-order valence-corrected chi connectivity index (χ4v) is 1.72. The molecule has 2 rings (SSSR count). The number of anilines is 1. The summed E-state index contributed by atoms with van der Waals surface area (Å²) in [5.74, 6) is 0. The van der Waals surface area contributed by atoms with Crippen LogP contribution in [-0.2, 0) is 0 Å². The third-order valence-electron chi connectivity index (χ3n) is 2.56. The topological polar surface area (TPSA) is 63.8 Å². The summed E-state index contributed by atoms with van der Waals surface area (Å²) >= 11 is 0. The van der Waals surface area contributed by atoms with Gasteiger partial charge >= 0.3 is 5.69 Å². The molecule has 0 saturated heterocycles. The van der Waals surface area contributed by atoms with E-state index in [9.17, 15) is 4.79 Å². The summed E-state index contributed by atoms with van der Waals surface area (Å²) in [5, 5.41) is 0. The van der Waals surface area contributed by atoms with E-state index in [4.69, 9.17) is 5.73 Å². The highest BCUT2D eigenvalue weighted by Gasteiger charge is 2.09. The largest absolute Gasteiger partial charge is 0.398 e. The van der Waals surface area contributed by atoms with Gasteiger partial charge in [-0.25, -0.2) is 4.79 Å². The lowest BCUT2D eigenvalue weighted by Gasteiger charge is -2.11. The lowest BCUT2D eigenvalue weighted by atomic mass is 10.1. The van der Waals surface area contributed by atoms with Gasteiger partial charge in [0.2, 0.25) is 0 Å². The summed E-state index contributed by atoms with van der Waals surface area (Å²) in [6.45, 7) is 3.87. The molecule has 2 aromatic rings. The second-order valence-corrected chi connectivity index (χ2v) is 3.58. The number of hydrogen-bond donors (Lipinski definition) is 2. The zero-order valence-corrected chi connectivity index (χ0v) is 8.74. The summed E-state index contributed by atoms with van der Waals surface area (Å²) in [5.41, 5.74) is 9.19. The van der Waals surface area contributed by atoms with Gasteiger partial charge in [0, 0.05) is 18.1 Å². The fraction of sp³-hybridized carbons (Fsp3) is 0.182. The molecule has 0 aliphatic heterocycles. The molecule has 78 valence electrons. The molecule has 0 saturated carbocycles. The van der Waals surface area contributed by atoms with Crippen molar-refractivity contribution >= 4 is 5.69 Å². The molecule has 1 heterocycles. The summed E-state index contributed by atoms with van der Waals surface area (Å²) in [7, 11) is 0. The first-order valence-electron chi connectivity index (χ1n) is 4.73. The standard InChI is InChI=1S/C11H13N3O/c1-7-3-4-9(12)8(2)10(7)14-6-5-13-11(14)15/h3-6H,12H2,1-2H3,(H,13,15). The predicted octanol–water partition coefficient (Wildman–Crippen LogP) is 1.36. The number of nitrogens with one attached hydrogen (secondary N) is 1. The van der Waals surface area contributed by atoms with Crippen molar-refractivity contribution in [3.05, 3.63) is 46.1 Å². The van der Waals surface area contributed by atoms with Crippen LogP contribution in [0.3, 0.4) is 0 Å². The molecule has 1 aromatic heterocycles. The van der Waals surface area contributed by atoms with Crippen molar-refractivity contribution in [3.8, 4) is 5.69 Å². The van der Waals surface area contributed by atoms with Crippen LogP contribution >= 0.6 is 0 Å². The number of nitrogens with zero attached hydrogens (tertiary/aromatic N) is 1. The Morgan fingerprint density at radius 2 is 2.07 bits per heavy atom. The van der Waals surface area contributed by atoms with Crippen LogP contribution in [0.1, 0.15) is 11.1 Å². The number of imidazole rings is 1. The van der Waals surface area contributed by atoms with Gasteiger partial charge in [0.05, 0.1) is 5.69 Å². The van der Waals surface area contributed by atoms with Gasteiger partial charge in [-0.05, 0) is 31.0 Å². The first-order valence-corrected chi connectivity index (χ1v) is 4.73. The molecule has 0 aliphatic rings. The maximum atomic E-state index is 11.5. The summed E-state index contributed by atoms with van der Waals surface area (Å²) in [6, 6.07) is 3.77. The van der Waals surface area contributed by atoms with Crippen molar-refractivity contribution in [1.82, 2.24) is 9.55 Å². The van der Waals surface area contributed by atoms with Gasteiger partial charge in [0.1, 0.15) is 0 Å². The summed E-state index contributed by atoms with van der Waals surface area (Å²) in [4.78, 5) is 14.1. The zero-order valence-electron chi connectivity index (χ0n) is 8.74. The minimum atomic E-state index is -0.146. The lowest BCUT2D eigenvalue weighted by molar-refractivity contribution is 0.965. The molecular formula is C11H13N3O. The third kappa shape index (κ3) is 1.44. The number of nitrogen functional groups attached to an aromatic ring is 1. The second kappa shape index (κ2) is 3.31. The van der Waals surface area contributed by atoms with Crippen molar-refractivity contribution in [2.75, 3.05) is 5.73 Å². The number of aromatic nitrogens is 2. The summed E-state index contributed by atoms with van der Waals surface area (Å²) in [6.07, 6.45) is 3.32. The number of benzene rings is 1. The molecular weight excluding hydrogens is 190 g/mol. The van der Waals surface area contributed by atoms with Crippen molar-refractivity contribution in [3.63, 3.8) is 0 Å². The smallest absolute Gasteiger partial charge is 0.330 e. The van der Waals surface area contributed by atoms with Crippen LogP contribution in [0.15, 0.2) is 29.3 Å². The molecule has 0 amide bonds. The van der Waals surface area contributed by atoms with Gasteiger partial charge in [-0.2, -0.15) is 0 Å². The third-order valence-corrected chi connectivity index (χ3v) is 2.56. The predicted molar refractivity (Wildman–Crippen MR) is 60.3 cm³/mol. The van der Waals surface area contributed by atoms with E-state index in [0.29, 0.717) is 5.69 Å². The van der Waals surface area contributed by atoms with Crippen molar-refractivity contribution in [1.29, 1.82) is 0 Å². The monoisotopic (exact) mass is 203 g/mol. The molecule has 0 aliphatic carbocycles. The highest BCUT2D eigenvalue weighted by Crippen LogP contribution is 2.22. The fourth-order valence-electron chi connectivity index (χ4n) is 1.72. The molecule has 15 heavy (non-hydrogen) atoms. The quantitative estimate of drug-likeness (QED) is 0.687. The maximum absolute atomic E-state index is 11.5. The average molecular weight is 203 g/mol. The average Bonchev–Trinajstić information content (AvgIpc) is 2.60. The lowest BCUT2D eigenvalue weighted by Crippen LogP contribution is -2.16. The number of hydrogen-bond acceptors (Lipinski definition) is 2. The maximum Gasteiger partial charge on any atom is 0.330 e. The van der Waals surface area contributed by atoms with Crippen LogP contribution < -0.4 is 11.4 Å². The van der Waals surface area contributed by atoms with Gasteiger partial charge in [0.15, 0.2) is 0 Å². The minimum Gasteiger partial charge on any atom is -0.398 e. The van der Waals surface area contributed by atoms with Gasteiger partial charge in [-0.3, -0.25) is 4.57 Å². The molecule has 0 spiro atoms. The van der Waals surface area contributed by atoms with Crippen LogP contribution in [0.2, 0.25) is 0 Å². The van der Waals surface area contributed by atoms with Crippen molar-refractivity contribution in [2.24, 2.45) is 0 Å². The Morgan fingerprint density at radius 3 is 2.67 bits per heavy atom. The Hall–Kier alpha value is -1.97. The molecule has 1 aromatic carbocycles. The van der Waals surface area contributed by atoms with Crippen LogP contribution in [-0.4, -0.2) is 9.55 Å². The molecule has 0 atom stereocenters. The molecule has 0 bridgehead atoms. The molecule has 0 unspecified atom stereocenters. The highest BCUT2D eigenvalue weighted by atomic mass is 16.1. The van der Waals surface area contributed by atoms with Crippen molar-refractivity contribution < 1.29 is 0 Å². The molecule has 0 radical (unpaired) electrons. The van der Waals surface area contributed by atoms with Crippen molar-refractivity contribution in [2.45, 2.75) is 13.8 Å². The van der Waals surface area contributed by atoms with Crippen LogP contribution in [0.5, 0.6) is 0 Å². The Balaban J connectivity index is 2.78. The van der Waals surface area contributed by atoms with Crippen LogP contribution in [0.25, 0.3) is 5.69 Å². The second-order valence-electron chi connectivity index (χ2n) is 3.58. The number of nitrogens with two attached hydrogens (primary N) is 1. The van der Waals surface area contributed by atoms with E-state index in [1.165, 1.54) is 0 Å². The number of H-pyrrole nitrogens is 1. The molecule has 4 heteroatoms. The van der Waals surface area contributed by atoms with E-state index < -0.39 is 0 Å². The Morgan fingerprint density at radius 1 is 1.33 bits per heavy atom. The number of aryl methyl sites for hydroxylation is 1. The Labute approximate surface area is 87.4 Å². The molecule has 4 nitrogen and oxygen atoms in total.